The largest absolute Gasteiger partial charge is 0.493 e. The molecule has 2 aromatic carbocycles. The number of halogens is 2. The van der Waals surface area contributed by atoms with Gasteiger partial charge in [0.1, 0.15) is 11.6 Å². The first-order chi connectivity index (χ1) is 12.0. The van der Waals surface area contributed by atoms with E-state index in [1.54, 1.807) is 43.5 Å². The molecule has 0 heterocycles. The number of amides is 1. The number of para-hydroxylation sites is 1. The molecule has 0 aliphatic carbocycles. The normalized spacial score (nSPS) is 10.8. The minimum Gasteiger partial charge on any atom is -0.493 e. The fourth-order valence-electron chi connectivity index (χ4n) is 2.09. The van der Waals surface area contributed by atoms with Gasteiger partial charge in [-0.05, 0) is 58.5 Å². The number of carbonyl (C=O) groups excluding carboxylic acids is 1. The number of nitrogens with one attached hydrogen (secondary N) is 1. The lowest BCUT2D eigenvalue weighted by atomic mass is 10.1. The molecule has 0 saturated carbocycles. The highest BCUT2D eigenvalue weighted by Gasteiger charge is 2.14. The molecule has 128 valence electrons. The summed E-state index contributed by atoms with van der Waals surface area (Å²) in [6, 6.07) is 12.2. The minimum atomic E-state index is -0.541. The molecular weight excluding hydrogens is 455 g/mol. The van der Waals surface area contributed by atoms with Crippen molar-refractivity contribution in [3.8, 4) is 17.6 Å². The molecule has 0 atom stereocenters. The lowest BCUT2D eigenvalue weighted by Crippen LogP contribution is -2.13. The van der Waals surface area contributed by atoms with Crippen LogP contribution in [0.25, 0.3) is 6.08 Å². The van der Waals surface area contributed by atoms with E-state index < -0.39 is 5.91 Å². The highest BCUT2D eigenvalue weighted by molar-refractivity contribution is 14.1. The van der Waals surface area contributed by atoms with Crippen LogP contribution < -0.4 is 14.8 Å². The van der Waals surface area contributed by atoms with Crippen molar-refractivity contribution in [2.45, 2.75) is 0 Å². The summed E-state index contributed by atoms with van der Waals surface area (Å²) in [4.78, 5) is 12.3. The first-order valence-electron chi connectivity index (χ1n) is 7.09. The third kappa shape index (κ3) is 4.65. The van der Waals surface area contributed by atoms with E-state index in [0.29, 0.717) is 27.8 Å². The van der Waals surface area contributed by atoms with E-state index in [-0.39, 0.29) is 5.57 Å². The van der Waals surface area contributed by atoms with Crippen LogP contribution in [0, 0.1) is 14.9 Å². The molecule has 7 heteroatoms. The van der Waals surface area contributed by atoms with Gasteiger partial charge in [0, 0.05) is 0 Å². The number of nitriles is 1. The molecule has 0 aliphatic heterocycles. The molecule has 0 radical (unpaired) electrons. The lowest BCUT2D eigenvalue weighted by Gasteiger charge is -2.11. The Balaban J connectivity index is 2.34. The van der Waals surface area contributed by atoms with Gasteiger partial charge >= 0.3 is 0 Å². The summed E-state index contributed by atoms with van der Waals surface area (Å²) in [5, 5.41) is 12.4. The van der Waals surface area contributed by atoms with Gasteiger partial charge in [-0.2, -0.15) is 5.26 Å². The van der Waals surface area contributed by atoms with E-state index in [9.17, 15) is 10.1 Å². The van der Waals surface area contributed by atoms with Gasteiger partial charge in [-0.1, -0.05) is 23.7 Å². The second kappa shape index (κ2) is 8.74. The molecule has 0 aliphatic rings. The molecule has 1 N–H and O–H groups in total. The van der Waals surface area contributed by atoms with Crippen molar-refractivity contribution in [3.63, 3.8) is 0 Å². The molecule has 2 aromatic rings. The van der Waals surface area contributed by atoms with Crippen LogP contribution in [0.15, 0.2) is 42.0 Å². The van der Waals surface area contributed by atoms with Crippen LogP contribution >= 0.6 is 34.2 Å². The highest BCUT2D eigenvalue weighted by atomic mass is 127. The number of hydrogen-bond acceptors (Lipinski definition) is 4. The van der Waals surface area contributed by atoms with Gasteiger partial charge in [0.2, 0.25) is 0 Å². The molecular formula is C18H14ClIN2O3. The SMILES string of the molecule is COc1cc(/C=C(\C#N)C(=O)Nc2ccccc2Cl)cc(I)c1OC. The average Bonchev–Trinajstić information content (AvgIpc) is 2.60. The van der Waals surface area contributed by atoms with Crippen LogP contribution in [0.2, 0.25) is 5.02 Å². The average molecular weight is 469 g/mol. The first kappa shape index (κ1) is 19.1. The third-order valence-electron chi connectivity index (χ3n) is 3.25. The Kier molecular flexibility index (Phi) is 6.67. The molecule has 0 spiro atoms. The Labute approximate surface area is 164 Å². The van der Waals surface area contributed by atoms with Crippen LogP contribution in [0.5, 0.6) is 11.5 Å². The maximum atomic E-state index is 12.3. The summed E-state index contributed by atoms with van der Waals surface area (Å²) in [6.07, 6.45) is 1.48. The Morgan fingerprint density at radius 1 is 1.28 bits per heavy atom. The van der Waals surface area contributed by atoms with Crippen molar-refractivity contribution in [3.05, 3.63) is 56.1 Å². The topological polar surface area (TPSA) is 71.3 Å². The molecule has 1 amide bonds. The number of nitrogens with zero attached hydrogens (tertiary/aromatic N) is 1. The second-order valence-electron chi connectivity index (χ2n) is 4.84. The second-order valence-corrected chi connectivity index (χ2v) is 6.41. The first-order valence-corrected chi connectivity index (χ1v) is 8.55. The van der Waals surface area contributed by atoms with Gasteiger partial charge in [0.15, 0.2) is 11.5 Å². The van der Waals surface area contributed by atoms with E-state index >= 15 is 0 Å². The number of benzene rings is 2. The molecule has 25 heavy (non-hydrogen) atoms. The van der Waals surface area contributed by atoms with E-state index in [4.69, 9.17) is 21.1 Å². The van der Waals surface area contributed by atoms with Crippen molar-refractivity contribution < 1.29 is 14.3 Å². The van der Waals surface area contributed by atoms with Crippen LogP contribution in [0.1, 0.15) is 5.56 Å². The maximum Gasteiger partial charge on any atom is 0.266 e. The monoisotopic (exact) mass is 468 g/mol. The molecule has 2 rings (SSSR count). The summed E-state index contributed by atoms with van der Waals surface area (Å²) in [6.45, 7) is 0. The number of ether oxygens (including phenoxy) is 2. The van der Waals surface area contributed by atoms with Gasteiger partial charge in [-0.3, -0.25) is 4.79 Å². The summed E-state index contributed by atoms with van der Waals surface area (Å²) in [7, 11) is 3.07. The van der Waals surface area contributed by atoms with Crippen molar-refractivity contribution >= 4 is 51.9 Å². The predicted octanol–water partition coefficient (Wildman–Crippen LogP) is 4.51. The van der Waals surface area contributed by atoms with Gasteiger partial charge in [0.05, 0.1) is 28.5 Å². The zero-order chi connectivity index (χ0) is 18.4. The molecule has 0 saturated heterocycles. The number of hydrogen-bond donors (Lipinski definition) is 1. The zero-order valence-electron chi connectivity index (χ0n) is 13.5. The van der Waals surface area contributed by atoms with Crippen molar-refractivity contribution in [2.75, 3.05) is 19.5 Å². The smallest absolute Gasteiger partial charge is 0.266 e. The number of methoxy groups -OCH3 is 2. The Hall–Kier alpha value is -2.24. The van der Waals surface area contributed by atoms with Crippen molar-refractivity contribution in [2.24, 2.45) is 0 Å². The van der Waals surface area contributed by atoms with Gasteiger partial charge in [-0.25, -0.2) is 0 Å². The van der Waals surface area contributed by atoms with E-state index in [2.05, 4.69) is 27.9 Å². The van der Waals surface area contributed by atoms with Crippen molar-refractivity contribution in [1.82, 2.24) is 0 Å². The highest BCUT2D eigenvalue weighted by Crippen LogP contribution is 2.34. The number of carbonyl (C=O) groups is 1. The summed E-state index contributed by atoms with van der Waals surface area (Å²) in [5.41, 5.74) is 1.04. The Morgan fingerprint density at radius 2 is 2.00 bits per heavy atom. The van der Waals surface area contributed by atoms with Crippen LogP contribution in [0.3, 0.4) is 0 Å². The van der Waals surface area contributed by atoms with E-state index in [1.807, 2.05) is 6.07 Å². The van der Waals surface area contributed by atoms with E-state index in [1.165, 1.54) is 13.2 Å². The number of rotatable bonds is 5. The van der Waals surface area contributed by atoms with E-state index in [0.717, 1.165) is 3.57 Å². The predicted molar refractivity (Wildman–Crippen MR) is 106 cm³/mol. The summed E-state index contributed by atoms with van der Waals surface area (Å²) >= 11 is 8.12. The fourth-order valence-corrected chi connectivity index (χ4v) is 3.12. The Bertz CT molecular complexity index is 875. The van der Waals surface area contributed by atoms with Gasteiger partial charge < -0.3 is 14.8 Å². The zero-order valence-corrected chi connectivity index (χ0v) is 16.4. The lowest BCUT2D eigenvalue weighted by molar-refractivity contribution is -0.112. The van der Waals surface area contributed by atoms with Gasteiger partial charge in [0.25, 0.3) is 5.91 Å². The Morgan fingerprint density at radius 3 is 2.60 bits per heavy atom. The van der Waals surface area contributed by atoms with Crippen molar-refractivity contribution in [1.29, 1.82) is 5.26 Å². The third-order valence-corrected chi connectivity index (χ3v) is 4.38. The maximum absolute atomic E-state index is 12.3. The fraction of sp³-hybridized carbons (Fsp3) is 0.111. The molecule has 0 bridgehead atoms. The molecule has 0 unspecified atom stereocenters. The molecule has 0 aromatic heterocycles. The van der Waals surface area contributed by atoms with Gasteiger partial charge in [-0.15, -0.1) is 0 Å². The van der Waals surface area contributed by atoms with Crippen LogP contribution in [0.4, 0.5) is 5.69 Å². The van der Waals surface area contributed by atoms with Crippen LogP contribution in [-0.2, 0) is 4.79 Å². The minimum absolute atomic E-state index is 0.0528. The molecule has 0 fully saturated rings. The molecule has 5 nitrogen and oxygen atoms in total. The number of anilines is 1. The quantitative estimate of drug-likeness (QED) is 0.398. The standard InChI is InChI=1S/C18H14ClIN2O3/c1-24-16-9-11(8-14(20)17(16)25-2)7-12(10-21)18(23)22-15-6-4-3-5-13(15)19/h3-9H,1-2H3,(H,22,23)/b12-7+. The summed E-state index contributed by atoms with van der Waals surface area (Å²) < 4.78 is 11.4. The summed E-state index contributed by atoms with van der Waals surface area (Å²) in [5.74, 6) is 0.573. The van der Waals surface area contributed by atoms with Crippen LogP contribution in [-0.4, -0.2) is 20.1 Å².